The highest BCUT2D eigenvalue weighted by molar-refractivity contribution is 5.88. The molecule has 1 aliphatic rings. The van der Waals surface area contributed by atoms with E-state index in [-0.39, 0.29) is 0 Å². The summed E-state index contributed by atoms with van der Waals surface area (Å²) in [4.78, 5) is 25.7. The summed E-state index contributed by atoms with van der Waals surface area (Å²) in [5.74, 6) is -1.86. The normalized spacial score (nSPS) is 19.5. The highest BCUT2D eigenvalue weighted by Gasteiger charge is 2.59. The lowest BCUT2D eigenvalue weighted by Crippen LogP contribution is -2.53. The van der Waals surface area contributed by atoms with Crippen LogP contribution in [0.4, 0.5) is 0 Å². The molecule has 0 spiro atoms. The molecular formula is C44H78O4. The molecule has 1 aliphatic carbocycles. The van der Waals surface area contributed by atoms with Crippen molar-refractivity contribution >= 4 is 11.9 Å². The van der Waals surface area contributed by atoms with Crippen LogP contribution < -0.4 is 0 Å². The highest BCUT2D eigenvalue weighted by Crippen LogP contribution is 2.54. The quantitative estimate of drug-likeness (QED) is 0.0528. The van der Waals surface area contributed by atoms with Gasteiger partial charge in [-0.2, -0.15) is 0 Å². The fraction of sp³-hybridized carbons (Fsp3) is 0.818. The van der Waals surface area contributed by atoms with Gasteiger partial charge in [0.15, 0.2) is 0 Å². The van der Waals surface area contributed by atoms with E-state index in [0.29, 0.717) is 25.7 Å². The fourth-order valence-electron chi connectivity index (χ4n) is 7.78. The number of carboxylic acid groups (broad SMARTS) is 2. The Morgan fingerprint density at radius 2 is 0.854 bits per heavy atom. The minimum absolute atomic E-state index is 0.429. The Hall–Kier alpha value is -1.84. The standard InChI is InChI=1S/C44H78O4/c1-3-5-7-9-11-13-15-17-19-21-23-25-27-29-31-33-37-43(41(45)46)39-35-36-40-44(43,42(47)48)38-34-32-30-28-26-24-22-20-18-16-14-12-10-8-6-4-2/h17-20,35,39H,3-16,21-34,36-38,40H2,1-2H3,(H,45,46)(H,47,48). The number of hydrogen-bond donors (Lipinski definition) is 2. The summed E-state index contributed by atoms with van der Waals surface area (Å²) < 4.78 is 0. The zero-order valence-corrected chi connectivity index (χ0v) is 31.8. The van der Waals surface area contributed by atoms with Crippen LogP contribution in [0.2, 0.25) is 0 Å². The van der Waals surface area contributed by atoms with Crippen LogP contribution in [0.15, 0.2) is 36.5 Å². The smallest absolute Gasteiger partial charge is 0.314 e. The second-order valence-corrected chi connectivity index (χ2v) is 15.0. The molecule has 0 bridgehead atoms. The van der Waals surface area contributed by atoms with E-state index in [1.165, 1.54) is 128 Å². The Labute approximate surface area is 297 Å². The average molecular weight is 671 g/mol. The van der Waals surface area contributed by atoms with E-state index in [2.05, 4.69) is 38.2 Å². The maximum Gasteiger partial charge on any atom is 0.314 e. The third kappa shape index (κ3) is 18.8. The molecule has 0 saturated carbocycles. The van der Waals surface area contributed by atoms with Crippen molar-refractivity contribution in [3.63, 3.8) is 0 Å². The van der Waals surface area contributed by atoms with Crippen LogP contribution in [0.5, 0.6) is 0 Å². The lowest BCUT2D eigenvalue weighted by molar-refractivity contribution is -0.173. The van der Waals surface area contributed by atoms with E-state index in [1.807, 2.05) is 6.08 Å². The summed E-state index contributed by atoms with van der Waals surface area (Å²) in [7, 11) is 0. The van der Waals surface area contributed by atoms with Crippen molar-refractivity contribution in [2.75, 3.05) is 0 Å². The molecule has 4 nitrogen and oxygen atoms in total. The highest BCUT2D eigenvalue weighted by atomic mass is 16.4. The summed E-state index contributed by atoms with van der Waals surface area (Å²) in [6.45, 7) is 4.53. The molecule has 0 radical (unpaired) electrons. The van der Waals surface area contributed by atoms with E-state index >= 15 is 0 Å². The summed E-state index contributed by atoms with van der Waals surface area (Å²) >= 11 is 0. The second-order valence-electron chi connectivity index (χ2n) is 15.0. The molecule has 4 heteroatoms. The zero-order chi connectivity index (χ0) is 35.0. The van der Waals surface area contributed by atoms with Crippen LogP contribution in [0.1, 0.15) is 219 Å². The molecule has 48 heavy (non-hydrogen) atoms. The Morgan fingerprint density at radius 1 is 0.500 bits per heavy atom. The topological polar surface area (TPSA) is 74.6 Å². The van der Waals surface area contributed by atoms with Gasteiger partial charge in [-0.05, 0) is 77.0 Å². The van der Waals surface area contributed by atoms with Crippen LogP contribution in [-0.4, -0.2) is 22.2 Å². The van der Waals surface area contributed by atoms with Gasteiger partial charge in [-0.1, -0.05) is 179 Å². The van der Waals surface area contributed by atoms with Crippen molar-refractivity contribution in [1.82, 2.24) is 0 Å². The van der Waals surface area contributed by atoms with E-state index in [0.717, 1.165) is 51.4 Å². The Morgan fingerprint density at radius 3 is 1.23 bits per heavy atom. The maximum atomic E-state index is 12.9. The molecule has 0 amide bonds. The first-order valence-corrected chi connectivity index (χ1v) is 20.9. The van der Waals surface area contributed by atoms with E-state index in [1.54, 1.807) is 6.08 Å². The third-order valence-electron chi connectivity index (χ3n) is 11.0. The van der Waals surface area contributed by atoms with Gasteiger partial charge in [0, 0.05) is 0 Å². The van der Waals surface area contributed by atoms with Crippen LogP contribution in [-0.2, 0) is 9.59 Å². The fourth-order valence-corrected chi connectivity index (χ4v) is 7.78. The molecule has 0 aliphatic heterocycles. The maximum absolute atomic E-state index is 12.9. The number of carboxylic acids is 2. The van der Waals surface area contributed by atoms with E-state index in [4.69, 9.17) is 0 Å². The van der Waals surface area contributed by atoms with Crippen molar-refractivity contribution in [3.05, 3.63) is 36.5 Å². The predicted molar refractivity (Wildman–Crippen MR) is 207 cm³/mol. The van der Waals surface area contributed by atoms with Gasteiger partial charge in [-0.15, -0.1) is 0 Å². The summed E-state index contributed by atoms with van der Waals surface area (Å²) in [6, 6.07) is 0. The molecule has 1 rings (SSSR count). The number of hydrogen-bond acceptors (Lipinski definition) is 2. The van der Waals surface area contributed by atoms with Crippen molar-refractivity contribution in [2.45, 2.75) is 219 Å². The molecule has 0 fully saturated rings. The molecule has 2 unspecified atom stereocenters. The van der Waals surface area contributed by atoms with Crippen LogP contribution in [0.3, 0.4) is 0 Å². The number of aliphatic carboxylic acids is 2. The van der Waals surface area contributed by atoms with Gasteiger partial charge in [0.2, 0.25) is 0 Å². The van der Waals surface area contributed by atoms with Gasteiger partial charge in [-0.3, -0.25) is 9.59 Å². The average Bonchev–Trinajstić information content (AvgIpc) is 3.08. The first kappa shape index (κ1) is 44.2. The van der Waals surface area contributed by atoms with Crippen molar-refractivity contribution in [3.8, 4) is 0 Å². The van der Waals surface area contributed by atoms with Gasteiger partial charge in [-0.25, -0.2) is 0 Å². The first-order chi connectivity index (χ1) is 23.5. The SMILES string of the molecule is CCCCCCCCC=CCCCCCCCCC1(C(=O)O)C=CCCC1(CCCCCCCCC=CCCCCCCCC)C(=O)O. The number of allylic oxidation sites excluding steroid dienone is 5. The monoisotopic (exact) mass is 671 g/mol. The molecule has 278 valence electrons. The minimum Gasteiger partial charge on any atom is -0.481 e. The van der Waals surface area contributed by atoms with Gasteiger partial charge >= 0.3 is 11.9 Å². The lowest BCUT2D eigenvalue weighted by Gasteiger charge is -2.46. The lowest BCUT2D eigenvalue weighted by atomic mass is 9.54. The first-order valence-electron chi connectivity index (χ1n) is 20.9. The molecular weight excluding hydrogens is 592 g/mol. The van der Waals surface area contributed by atoms with E-state index in [9.17, 15) is 19.8 Å². The molecule has 2 atom stereocenters. The van der Waals surface area contributed by atoms with Crippen molar-refractivity contribution in [1.29, 1.82) is 0 Å². The van der Waals surface area contributed by atoms with Crippen molar-refractivity contribution in [2.24, 2.45) is 10.8 Å². The van der Waals surface area contributed by atoms with Crippen LogP contribution in [0.25, 0.3) is 0 Å². The van der Waals surface area contributed by atoms with Gasteiger partial charge in [0.1, 0.15) is 5.41 Å². The zero-order valence-electron chi connectivity index (χ0n) is 31.8. The largest absolute Gasteiger partial charge is 0.481 e. The predicted octanol–water partition coefficient (Wildman–Crippen LogP) is 14.3. The summed E-state index contributed by atoms with van der Waals surface area (Å²) in [5.41, 5.74) is -2.49. The Bertz CT molecular complexity index is 873. The second kappa shape index (κ2) is 30.0. The molecule has 0 heterocycles. The Kier molecular flexibility index (Phi) is 27.6. The molecule has 0 aromatic heterocycles. The number of carbonyl (C=O) groups is 2. The Balaban J connectivity index is 2.31. The number of unbranched alkanes of at least 4 members (excludes halogenated alkanes) is 24. The molecule has 2 N–H and O–H groups in total. The van der Waals surface area contributed by atoms with Crippen LogP contribution in [0, 0.1) is 10.8 Å². The van der Waals surface area contributed by atoms with E-state index < -0.39 is 22.8 Å². The minimum atomic E-state index is -1.29. The molecule has 0 saturated heterocycles. The summed E-state index contributed by atoms with van der Waals surface area (Å²) in [5, 5.41) is 21.0. The molecule has 0 aromatic carbocycles. The molecule has 0 aromatic rings. The third-order valence-corrected chi connectivity index (χ3v) is 11.0. The van der Waals surface area contributed by atoms with Crippen molar-refractivity contribution < 1.29 is 19.8 Å². The number of rotatable bonds is 34. The van der Waals surface area contributed by atoms with Gasteiger partial charge in [0.05, 0.1) is 5.41 Å². The van der Waals surface area contributed by atoms with Gasteiger partial charge in [0.25, 0.3) is 0 Å². The summed E-state index contributed by atoms with van der Waals surface area (Å²) in [6.07, 6.45) is 48.9. The van der Waals surface area contributed by atoms with Crippen LogP contribution >= 0.6 is 0 Å². The van der Waals surface area contributed by atoms with Gasteiger partial charge < -0.3 is 10.2 Å².